The highest BCUT2D eigenvalue weighted by molar-refractivity contribution is 5.92. The average molecular weight is 351 g/mol. The smallest absolute Gasteiger partial charge is 0.274 e. The van der Waals surface area contributed by atoms with Gasteiger partial charge in [-0.25, -0.2) is 9.67 Å². The van der Waals surface area contributed by atoms with Gasteiger partial charge in [0, 0.05) is 32.6 Å². The Hall–Kier alpha value is -2.96. The van der Waals surface area contributed by atoms with E-state index in [1.807, 2.05) is 29.2 Å². The molecule has 1 saturated heterocycles. The Labute approximate surface area is 150 Å². The molecule has 1 aliphatic rings. The molecule has 3 heterocycles. The van der Waals surface area contributed by atoms with Crippen LogP contribution in [0.4, 0.5) is 0 Å². The first kappa shape index (κ1) is 16.5. The molecule has 0 saturated carbocycles. The fourth-order valence-electron chi connectivity index (χ4n) is 3.57. The van der Waals surface area contributed by atoms with Crippen molar-refractivity contribution in [2.24, 2.45) is 13.0 Å². The number of aromatic amines is 1. The SMILES string of the molecule is Cn1nc(C(=O)N2CCCC(Cc3nc4ccccc4[nH]3)C2)ccc1=O. The topological polar surface area (TPSA) is 83.9 Å². The lowest BCUT2D eigenvalue weighted by Gasteiger charge is -2.32. The Morgan fingerprint density at radius 1 is 1.27 bits per heavy atom. The number of carbonyl (C=O) groups excluding carboxylic acids is 1. The van der Waals surface area contributed by atoms with Crippen LogP contribution in [-0.4, -0.2) is 43.6 Å². The molecule has 7 nitrogen and oxygen atoms in total. The standard InChI is InChI=1S/C19H21N5O2/c1-23-18(25)9-8-16(22-23)19(26)24-10-4-5-13(12-24)11-17-20-14-6-2-3-7-15(14)21-17/h2-3,6-9,13H,4-5,10-12H2,1H3,(H,20,21). The molecule has 0 bridgehead atoms. The maximum Gasteiger partial charge on any atom is 0.274 e. The predicted molar refractivity (Wildman–Crippen MR) is 97.9 cm³/mol. The minimum Gasteiger partial charge on any atom is -0.342 e. The number of hydrogen-bond acceptors (Lipinski definition) is 4. The van der Waals surface area contributed by atoms with Crippen LogP contribution in [0.15, 0.2) is 41.2 Å². The molecule has 2 aromatic heterocycles. The van der Waals surface area contributed by atoms with Gasteiger partial charge in [0.1, 0.15) is 11.5 Å². The molecule has 1 N–H and O–H groups in total. The molecular formula is C19H21N5O2. The number of carbonyl (C=O) groups is 1. The lowest BCUT2D eigenvalue weighted by Crippen LogP contribution is -2.41. The largest absolute Gasteiger partial charge is 0.342 e. The summed E-state index contributed by atoms with van der Waals surface area (Å²) in [6, 6.07) is 10.9. The van der Waals surface area contributed by atoms with Gasteiger partial charge in [0.15, 0.2) is 0 Å². The number of likely N-dealkylation sites (tertiary alicyclic amines) is 1. The number of benzene rings is 1. The van der Waals surface area contributed by atoms with Crippen LogP contribution >= 0.6 is 0 Å². The molecule has 0 radical (unpaired) electrons. The molecule has 1 unspecified atom stereocenters. The minimum atomic E-state index is -0.219. The van der Waals surface area contributed by atoms with Crippen LogP contribution in [0, 0.1) is 5.92 Å². The highest BCUT2D eigenvalue weighted by Gasteiger charge is 2.26. The summed E-state index contributed by atoms with van der Waals surface area (Å²) >= 11 is 0. The number of aryl methyl sites for hydroxylation is 1. The first-order valence-electron chi connectivity index (χ1n) is 8.87. The number of amides is 1. The second kappa shape index (κ2) is 6.74. The van der Waals surface area contributed by atoms with E-state index in [9.17, 15) is 9.59 Å². The number of nitrogens with one attached hydrogen (secondary N) is 1. The van der Waals surface area contributed by atoms with Crippen LogP contribution in [0.3, 0.4) is 0 Å². The zero-order chi connectivity index (χ0) is 18.1. The zero-order valence-electron chi connectivity index (χ0n) is 14.7. The first-order chi connectivity index (χ1) is 12.6. The van der Waals surface area contributed by atoms with Crippen molar-refractivity contribution in [1.82, 2.24) is 24.6 Å². The fraction of sp³-hybridized carbons (Fsp3) is 0.368. The Kier molecular flexibility index (Phi) is 4.28. The highest BCUT2D eigenvalue weighted by Crippen LogP contribution is 2.22. The van der Waals surface area contributed by atoms with Crippen molar-refractivity contribution in [2.75, 3.05) is 13.1 Å². The molecule has 26 heavy (non-hydrogen) atoms. The van der Waals surface area contributed by atoms with Crippen LogP contribution in [0.5, 0.6) is 0 Å². The number of H-pyrrole nitrogens is 1. The summed E-state index contributed by atoms with van der Waals surface area (Å²) in [7, 11) is 1.56. The Balaban J connectivity index is 1.47. The normalized spacial score (nSPS) is 17.6. The lowest BCUT2D eigenvalue weighted by atomic mass is 9.94. The van der Waals surface area contributed by atoms with Gasteiger partial charge in [0.25, 0.3) is 11.5 Å². The van der Waals surface area contributed by atoms with Gasteiger partial charge in [-0.2, -0.15) is 5.10 Å². The van der Waals surface area contributed by atoms with Crippen LogP contribution in [-0.2, 0) is 13.5 Å². The Bertz CT molecular complexity index is 973. The van der Waals surface area contributed by atoms with Gasteiger partial charge in [-0.15, -0.1) is 0 Å². The number of piperidine rings is 1. The molecule has 0 aliphatic carbocycles. The fourth-order valence-corrected chi connectivity index (χ4v) is 3.57. The number of para-hydroxylation sites is 2. The predicted octanol–water partition coefficient (Wildman–Crippen LogP) is 1.75. The van der Waals surface area contributed by atoms with Crippen molar-refractivity contribution in [3.05, 3.63) is 58.3 Å². The summed E-state index contributed by atoms with van der Waals surface area (Å²) in [6.07, 6.45) is 2.85. The van der Waals surface area contributed by atoms with E-state index in [0.717, 1.165) is 42.7 Å². The summed E-state index contributed by atoms with van der Waals surface area (Å²) in [6.45, 7) is 1.40. The third kappa shape index (κ3) is 3.24. The minimum absolute atomic E-state index is 0.116. The summed E-state index contributed by atoms with van der Waals surface area (Å²) < 4.78 is 1.20. The first-order valence-corrected chi connectivity index (χ1v) is 8.87. The van der Waals surface area contributed by atoms with E-state index in [1.165, 1.54) is 16.8 Å². The van der Waals surface area contributed by atoms with Gasteiger partial charge in [0.05, 0.1) is 11.0 Å². The maximum absolute atomic E-state index is 12.7. The Morgan fingerprint density at radius 2 is 2.12 bits per heavy atom. The third-order valence-electron chi connectivity index (χ3n) is 4.91. The molecular weight excluding hydrogens is 330 g/mol. The molecule has 1 atom stereocenters. The molecule has 4 rings (SSSR count). The molecule has 134 valence electrons. The number of aromatic nitrogens is 4. The number of imidazole rings is 1. The van der Waals surface area contributed by atoms with Crippen molar-refractivity contribution in [3.63, 3.8) is 0 Å². The second-order valence-corrected chi connectivity index (χ2v) is 6.84. The van der Waals surface area contributed by atoms with Crippen molar-refractivity contribution < 1.29 is 4.79 Å². The van der Waals surface area contributed by atoms with E-state index in [0.29, 0.717) is 18.2 Å². The number of nitrogens with zero attached hydrogens (tertiary/aromatic N) is 4. The van der Waals surface area contributed by atoms with Crippen LogP contribution in [0.1, 0.15) is 29.2 Å². The van der Waals surface area contributed by atoms with Gasteiger partial charge in [-0.3, -0.25) is 9.59 Å². The van der Waals surface area contributed by atoms with Crippen molar-refractivity contribution in [1.29, 1.82) is 0 Å². The number of fused-ring (bicyclic) bond motifs is 1. The molecule has 1 amide bonds. The zero-order valence-corrected chi connectivity index (χ0v) is 14.7. The summed E-state index contributed by atoms with van der Waals surface area (Å²) in [4.78, 5) is 34.0. The maximum atomic E-state index is 12.7. The molecule has 1 aromatic carbocycles. The average Bonchev–Trinajstić information content (AvgIpc) is 3.06. The number of rotatable bonds is 3. The van der Waals surface area contributed by atoms with Crippen molar-refractivity contribution >= 4 is 16.9 Å². The van der Waals surface area contributed by atoms with E-state index < -0.39 is 0 Å². The molecule has 3 aromatic rings. The monoisotopic (exact) mass is 351 g/mol. The van der Waals surface area contributed by atoms with E-state index in [-0.39, 0.29) is 11.5 Å². The molecule has 1 aliphatic heterocycles. The lowest BCUT2D eigenvalue weighted by molar-refractivity contribution is 0.0663. The van der Waals surface area contributed by atoms with Crippen LogP contribution < -0.4 is 5.56 Å². The molecule has 1 fully saturated rings. The van der Waals surface area contributed by atoms with Crippen LogP contribution in [0.25, 0.3) is 11.0 Å². The molecule has 0 spiro atoms. The molecule has 7 heteroatoms. The summed E-state index contributed by atoms with van der Waals surface area (Å²) in [5, 5.41) is 4.08. The quantitative estimate of drug-likeness (QED) is 0.779. The van der Waals surface area contributed by atoms with Gasteiger partial charge in [-0.05, 0) is 37.0 Å². The van der Waals surface area contributed by atoms with Gasteiger partial charge >= 0.3 is 0 Å². The number of hydrogen-bond donors (Lipinski definition) is 1. The van der Waals surface area contributed by atoms with E-state index in [1.54, 1.807) is 7.05 Å². The van der Waals surface area contributed by atoms with E-state index in [4.69, 9.17) is 0 Å². The van der Waals surface area contributed by atoms with Crippen molar-refractivity contribution in [2.45, 2.75) is 19.3 Å². The van der Waals surface area contributed by atoms with Gasteiger partial charge in [0.2, 0.25) is 0 Å². The highest BCUT2D eigenvalue weighted by atomic mass is 16.2. The van der Waals surface area contributed by atoms with Crippen molar-refractivity contribution in [3.8, 4) is 0 Å². The van der Waals surface area contributed by atoms with Gasteiger partial charge in [-0.1, -0.05) is 12.1 Å². The summed E-state index contributed by atoms with van der Waals surface area (Å²) in [5.41, 5.74) is 2.11. The summed E-state index contributed by atoms with van der Waals surface area (Å²) in [5.74, 6) is 1.21. The van der Waals surface area contributed by atoms with E-state index >= 15 is 0 Å². The Morgan fingerprint density at radius 3 is 2.92 bits per heavy atom. The van der Waals surface area contributed by atoms with Gasteiger partial charge < -0.3 is 9.88 Å². The van der Waals surface area contributed by atoms with Crippen LogP contribution in [0.2, 0.25) is 0 Å². The third-order valence-corrected chi connectivity index (χ3v) is 4.91. The second-order valence-electron chi connectivity index (χ2n) is 6.84. The van der Waals surface area contributed by atoms with E-state index in [2.05, 4.69) is 15.1 Å².